The molecule has 0 saturated carbocycles. The number of carbonyl (C=O) groups excluding carboxylic acids is 2. The number of rotatable bonds is 7. The van der Waals surface area contributed by atoms with Crippen LogP contribution in [0.4, 0.5) is 0 Å². The first kappa shape index (κ1) is 22.6. The van der Waals surface area contributed by atoms with Crippen molar-refractivity contribution in [2.45, 2.75) is 4.90 Å². The van der Waals surface area contributed by atoms with Crippen LogP contribution in [0.5, 0.6) is 0 Å². The number of esters is 2. The van der Waals surface area contributed by atoms with E-state index in [9.17, 15) is 18.0 Å². The van der Waals surface area contributed by atoms with Crippen molar-refractivity contribution < 1.29 is 42.2 Å². The van der Waals surface area contributed by atoms with Crippen molar-refractivity contribution in [1.82, 2.24) is 0 Å². The van der Waals surface area contributed by atoms with Crippen LogP contribution < -0.4 is 0 Å². The Kier molecular flexibility index (Phi) is 10.3. The Morgan fingerprint density at radius 1 is 0.913 bits per heavy atom. The Hall–Kier alpha value is -0.374. The summed E-state index contributed by atoms with van der Waals surface area (Å²) in [4.78, 5) is 22.6. The van der Waals surface area contributed by atoms with E-state index in [1.165, 1.54) is 0 Å². The van der Waals surface area contributed by atoms with Gasteiger partial charge in [-0.25, -0.2) is 9.59 Å². The summed E-state index contributed by atoms with van der Waals surface area (Å²) in [6.07, 6.45) is 0. The van der Waals surface area contributed by atoms with Crippen molar-refractivity contribution in [3.63, 3.8) is 0 Å². The molecule has 9 nitrogen and oxygen atoms in total. The van der Waals surface area contributed by atoms with Gasteiger partial charge in [-0.2, -0.15) is 8.42 Å². The normalized spacial score (nSPS) is 10.6. The van der Waals surface area contributed by atoms with Crippen LogP contribution in [0, 0.1) is 0 Å². The number of hydrogen-bond acceptors (Lipinski definition) is 8. The Labute approximate surface area is 174 Å². The molecule has 0 aliphatic rings. The molecular formula is C12H15KO9S. The SMILES string of the molecule is O=C(OCCO)c1cc(C(=O)OCCO)cc(S(=O)(=O)O)c1.[KH]. The first-order chi connectivity index (χ1) is 10.3. The predicted molar refractivity (Wildman–Crippen MR) is 78.1 cm³/mol. The quantitative estimate of drug-likeness (QED) is 0.297. The van der Waals surface area contributed by atoms with Gasteiger partial charge in [-0.15, -0.1) is 0 Å². The fourth-order valence-corrected chi connectivity index (χ4v) is 1.98. The van der Waals surface area contributed by atoms with E-state index in [0.29, 0.717) is 0 Å². The van der Waals surface area contributed by atoms with Gasteiger partial charge in [0.1, 0.15) is 13.2 Å². The topological polar surface area (TPSA) is 147 Å². The number of benzene rings is 1. The third kappa shape index (κ3) is 7.37. The molecule has 0 radical (unpaired) electrons. The summed E-state index contributed by atoms with van der Waals surface area (Å²) >= 11 is 0. The van der Waals surface area contributed by atoms with E-state index in [2.05, 4.69) is 9.47 Å². The second kappa shape index (κ2) is 10.5. The summed E-state index contributed by atoms with van der Waals surface area (Å²) < 4.78 is 40.6. The summed E-state index contributed by atoms with van der Waals surface area (Å²) in [5, 5.41) is 17.1. The number of aliphatic hydroxyl groups excluding tert-OH is 2. The average Bonchev–Trinajstić information content (AvgIpc) is 2.48. The first-order valence-corrected chi connectivity index (χ1v) is 7.42. The predicted octanol–water partition coefficient (Wildman–Crippen LogP) is -1.42. The van der Waals surface area contributed by atoms with E-state index in [1.54, 1.807) is 0 Å². The van der Waals surface area contributed by atoms with Crippen LogP contribution in [0.1, 0.15) is 20.7 Å². The van der Waals surface area contributed by atoms with Crippen molar-refractivity contribution in [1.29, 1.82) is 0 Å². The molecule has 0 atom stereocenters. The zero-order chi connectivity index (χ0) is 16.8. The van der Waals surface area contributed by atoms with E-state index in [0.717, 1.165) is 18.2 Å². The van der Waals surface area contributed by atoms with Crippen LogP contribution in [0.15, 0.2) is 23.1 Å². The number of ether oxygens (including phenoxy) is 2. The molecule has 3 N–H and O–H groups in total. The zero-order valence-corrected chi connectivity index (χ0v) is 12.1. The van der Waals surface area contributed by atoms with Gasteiger partial charge in [0.05, 0.1) is 29.2 Å². The van der Waals surface area contributed by atoms with E-state index in [1.807, 2.05) is 0 Å². The minimum absolute atomic E-state index is 0. The molecule has 0 saturated heterocycles. The Morgan fingerprint density at radius 2 is 1.30 bits per heavy atom. The molecule has 0 amide bonds. The summed E-state index contributed by atoms with van der Waals surface area (Å²) in [7, 11) is -4.67. The van der Waals surface area contributed by atoms with Gasteiger partial charge in [0.25, 0.3) is 10.1 Å². The monoisotopic (exact) mass is 374 g/mol. The van der Waals surface area contributed by atoms with Crippen molar-refractivity contribution in [3.05, 3.63) is 29.3 Å². The standard InChI is InChI=1S/C12H14O9S.K.H/c13-1-3-20-11(15)8-5-9(12(16)21-4-2-14)7-10(6-8)22(17,18)19;;/h5-7,13-14H,1-4H2,(H,17,18,19);;. The third-order valence-corrected chi connectivity index (χ3v) is 3.16. The van der Waals surface area contributed by atoms with E-state index in [-0.39, 0.29) is 75.7 Å². The molecule has 0 bridgehead atoms. The van der Waals surface area contributed by atoms with Gasteiger partial charge in [-0.1, -0.05) is 0 Å². The van der Waals surface area contributed by atoms with Gasteiger partial charge in [-0.05, 0) is 18.2 Å². The zero-order valence-electron chi connectivity index (χ0n) is 11.3. The summed E-state index contributed by atoms with van der Waals surface area (Å²) in [6, 6.07) is 2.64. The third-order valence-electron chi connectivity index (χ3n) is 2.32. The van der Waals surface area contributed by atoms with Gasteiger partial charge in [-0.3, -0.25) is 4.55 Å². The number of carbonyl (C=O) groups is 2. The molecule has 124 valence electrons. The molecule has 0 spiro atoms. The fraction of sp³-hybridized carbons (Fsp3) is 0.333. The Bertz CT molecular complexity index is 618. The van der Waals surface area contributed by atoms with E-state index < -0.39 is 40.2 Å². The van der Waals surface area contributed by atoms with Gasteiger partial charge in [0.15, 0.2) is 0 Å². The molecule has 0 aliphatic carbocycles. The van der Waals surface area contributed by atoms with Crippen molar-refractivity contribution in [2.75, 3.05) is 26.4 Å². The molecule has 0 heterocycles. The number of hydrogen-bond donors (Lipinski definition) is 3. The van der Waals surface area contributed by atoms with Gasteiger partial charge >= 0.3 is 63.3 Å². The Balaban J connectivity index is 0.00000484. The van der Waals surface area contributed by atoms with Gasteiger partial charge in [0.2, 0.25) is 0 Å². The van der Waals surface area contributed by atoms with Crippen LogP contribution in [0.3, 0.4) is 0 Å². The fourth-order valence-electron chi connectivity index (χ4n) is 1.43. The molecule has 11 heteroatoms. The molecule has 0 aromatic heterocycles. The Morgan fingerprint density at radius 3 is 1.61 bits per heavy atom. The summed E-state index contributed by atoms with van der Waals surface area (Å²) in [5.74, 6) is -1.98. The maximum absolute atomic E-state index is 11.7. The number of aliphatic hydroxyl groups is 2. The van der Waals surface area contributed by atoms with Crippen molar-refractivity contribution in [3.8, 4) is 0 Å². The van der Waals surface area contributed by atoms with Crippen LogP contribution in [-0.2, 0) is 19.6 Å². The van der Waals surface area contributed by atoms with Crippen LogP contribution in [0.2, 0.25) is 0 Å². The molecule has 1 aromatic rings. The second-order valence-corrected chi connectivity index (χ2v) is 5.36. The average molecular weight is 374 g/mol. The molecule has 1 rings (SSSR count). The molecule has 0 unspecified atom stereocenters. The minimum atomic E-state index is -4.67. The van der Waals surface area contributed by atoms with Gasteiger partial charge < -0.3 is 19.7 Å². The van der Waals surface area contributed by atoms with E-state index in [4.69, 9.17) is 14.8 Å². The summed E-state index contributed by atoms with van der Waals surface area (Å²) in [5.41, 5.74) is -0.640. The van der Waals surface area contributed by atoms with Crippen LogP contribution in [0.25, 0.3) is 0 Å². The molecular weight excluding hydrogens is 359 g/mol. The molecule has 0 aliphatic heterocycles. The molecule has 23 heavy (non-hydrogen) atoms. The summed E-state index contributed by atoms with van der Waals surface area (Å²) in [6.45, 7) is -1.51. The second-order valence-electron chi connectivity index (χ2n) is 3.94. The van der Waals surface area contributed by atoms with Crippen molar-refractivity contribution >= 4 is 73.4 Å². The van der Waals surface area contributed by atoms with Crippen molar-refractivity contribution in [2.24, 2.45) is 0 Å². The van der Waals surface area contributed by atoms with Gasteiger partial charge in [0, 0.05) is 0 Å². The first-order valence-electron chi connectivity index (χ1n) is 5.98. The molecule has 0 fully saturated rings. The van der Waals surface area contributed by atoms with Crippen LogP contribution >= 0.6 is 0 Å². The van der Waals surface area contributed by atoms with E-state index >= 15 is 0 Å². The maximum atomic E-state index is 11.7. The van der Waals surface area contributed by atoms with Crippen LogP contribution in [-0.4, -0.2) is 113 Å². The molecule has 1 aromatic carbocycles.